The summed E-state index contributed by atoms with van der Waals surface area (Å²) >= 11 is 0. The maximum atomic E-state index is 10.7. The Bertz CT molecular complexity index is 212. The van der Waals surface area contributed by atoms with Gasteiger partial charge in [0.1, 0.15) is 0 Å². The Morgan fingerprint density at radius 2 is 1.59 bits per heavy atom. The number of rotatable bonds is 2. The van der Waals surface area contributed by atoms with Crippen molar-refractivity contribution in [3.05, 3.63) is 12.7 Å². The van der Waals surface area contributed by atoms with Crippen molar-refractivity contribution in [1.29, 1.82) is 0 Å². The summed E-state index contributed by atoms with van der Waals surface area (Å²) in [7, 11) is 0. The molecule has 1 nitrogen and oxygen atoms in total. The molecule has 17 heavy (non-hydrogen) atoms. The van der Waals surface area contributed by atoms with Crippen molar-refractivity contribution in [2.75, 3.05) is 0 Å². The summed E-state index contributed by atoms with van der Waals surface area (Å²) in [4.78, 5) is 0. The van der Waals surface area contributed by atoms with E-state index in [1.54, 1.807) is 0 Å². The van der Waals surface area contributed by atoms with Crippen LogP contribution in [0.1, 0.15) is 77.6 Å². The van der Waals surface area contributed by atoms with Crippen molar-refractivity contribution < 1.29 is 5.11 Å². The highest BCUT2D eigenvalue weighted by atomic mass is 16.3. The highest BCUT2D eigenvalue weighted by Crippen LogP contribution is 2.32. The zero-order chi connectivity index (χ0) is 12.6. The number of hydrogen-bond donors (Lipinski definition) is 1. The van der Waals surface area contributed by atoms with Gasteiger partial charge in [0.25, 0.3) is 0 Å². The van der Waals surface area contributed by atoms with Crippen molar-refractivity contribution in [2.45, 2.75) is 83.2 Å². The van der Waals surface area contributed by atoms with Crippen LogP contribution in [-0.2, 0) is 0 Å². The first-order chi connectivity index (χ1) is 8.23. The summed E-state index contributed by atoms with van der Waals surface area (Å²) in [6.07, 6.45) is 15.5. The molecule has 2 atom stereocenters. The van der Waals surface area contributed by atoms with Crippen molar-refractivity contribution >= 4 is 0 Å². The Balaban J connectivity index is 2.58. The first kappa shape index (κ1) is 14.8. The summed E-state index contributed by atoms with van der Waals surface area (Å²) in [6.45, 7) is 6.07. The second-order valence-electron chi connectivity index (χ2n) is 5.67. The molecule has 1 N–H and O–H groups in total. The van der Waals surface area contributed by atoms with E-state index >= 15 is 0 Å². The molecule has 0 saturated heterocycles. The van der Waals surface area contributed by atoms with Crippen LogP contribution in [0.15, 0.2) is 12.7 Å². The van der Waals surface area contributed by atoms with E-state index in [2.05, 4.69) is 13.5 Å². The minimum absolute atomic E-state index is 0.416. The van der Waals surface area contributed by atoms with E-state index in [-0.39, 0.29) is 0 Å². The lowest BCUT2D eigenvalue weighted by Gasteiger charge is -2.33. The van der Waals surface area contributed by atoms with Gasteiger partial charge >= 0.3 is 0 Å². The van der Waals surface area contributed by atoms with Gasteiger partial charge in [-0.1, -0.05) is 70.8 Å². The predicted molar refractivity (Wildman–Crippen MR) is 75.1 cm³/mol. The molecule has 2 unspecified atom stereocenters. The largest absolute Gasteiger partial charge is 0.386 e. The third kappa shape index (κ3) is 4.83. The van der Waals surface area contributed by atoms with Crippen LogP contribution in [0.4, 0.5) is 0 Å². The molecule has 100 valence electrons. The molecule has 0 amide bonds. The van der Waals surface area contributed by atoms with Crippen LogP contribution in [0.3, 0.4) is 0 Å². The summed E-state index contributed by atoms with van der Waals surface area (Å²) < 4.78 is 0. The Kier molecular flexibility index (Phi) is 6.87. The van der Waals surface area contributed by atoms with Crippen molar-refractivity contribution in [2.24, 2.45) is 5.92 Å². The fourth-order valence-corrected chi connectivity index (χ4v) is 3.14. The van der Waals surface area contributed by atoms with Crippen molar-refractivity contribution in [3.8, 4) is 0 Å². The van der Waals surface area contributed by atoms with Gasteiger partial charge in [0, 0.05) is 0 Å². The van der Waals surface area contributed by atoms with Crippen LogP contribution in [0.25, 0.3) is 0 Å². The van der Waals surface area contributed by atoms with Crippen molar-refractivity contribution in [1.82, 2.24) is 0 Å². The zero-order valence-electron chi connectivity index (χ0n) is 11.6. The number of hydrogen-bond acceptors (Lipinski definition) is 1. The highest BCUT2D eigenvalue weighted by molar-refractivity contribution is 5.00. The third-order valence-corrected chi connectivity index (χ3v) is 4.43. The van der Waals surface area contributed by atoms with E-state index in [0.29, 0.717) is 5.92 Å². The van der Waals surface area contributed by atoms with Gasteiger partial charge in [0.05, 0.1) is 5.60 Å². The van der Waals surface area contributed by atoms with E-state index in [4.69, 9.17) is 0 Å². The van der Waals surface area contributed by atoms with E-state index in [9.17, 15) is 5.11 Å². The lowest BCUT2D eigenvalue weighted by molar-refractivity contribution is 0.0107. The van der Waals surface area contributed by atoms with E-state index in [1.807, 2.05) is 6.08 Å². The van der Waals surface area contributed by atoms with Crippen LogP contribution in [-0.4, -0.2) is 10.7 Å². The number of aliphatic hydroxyl groups is 1. The molecule has 1 saturated carbocycles. The van der Waals surface area contributed by atoms with Gasteiger partial charge in [0.15, 0.2) is 0 Å². The summed E-state index contributed by atoms with van der Waals surface area (Å²) in [5.74, 6) is 0.416. The van der Waals surface area contributed by atoms with Gasteiger partial charge in [-0.3, -0.25) is 0 Å². The fourth-order valence-electron chi connectivity index (χ4n) is 3.14. The molecule has 0 aromatic heterocycles. The summed E-state index contributed by atoms with van der Waals surface area (Å²) in [5.41, 5.74) is -0.603. The molecule has 0 radical (unpaired) electrons. The Labute approximate surface area is 107 Å². The zero-order valence-corrected chi connectivity index (χ0v) is 11.6. The molecule has 1 heteroatoms. The standard InChI is InChI=1S/C16H30O/c1-3-15-13-11-9-7-5-6-8-10-12-14-16(15,17)4-2/h4,15,17H,2-3,5-14H2,1H3. The van der Waals surface area contributed by atoms with E-state index in [1.165, 1.54) is 51.4 Å². The molecular formula is C16H30O. The smallest absolute Gasteiger partial charge is 0.0853 e. The molecule has 0 aromatic carbocycles. The molecule has 1 rings (SSSR count). The van der Waals surface area contributed by atoms with Crippen LogP contribution in [0.5, 0.6) is 0 Å². The predicted octanol–water partition coefficient (Wildman–Crippen LogP) is 4.84. The monoisotopic (exact) mass is 238 g/mol. The molecular weight excluding hydrogens is 208 g/mol. The minimum atomic E-state index is -0.603. The molecule has 0 aromatic rings. The van der Waals surface area contributed by atoms with E-state index < -0.39 is 5.60 Å². The maximum absolute atomic E-state index is 10.7. The molecule has 1 aliphatic rings. The van der Waals surface area contributed by atoms with Gasteiger partial charge in [-0.2, -0.15) is 0 Å². The quantitative estimate of drug-likeness (QED) is 0.682. The molecule has 1 aliphatic carbocycles. The highest BCUT2D eigenvalue weighted by Gasteiger charge is 2.31. The lowest BCUT2D eigenvalue weighted by atomic mass is 9.78. The Morgan fingerprint density at radius 1 is 1.06 bits per heavy atom. The van der Waals surface area contributed by atoms with Crippen LogP contribution >= 0.6 is 0 Å². The lowest BCUT2D eigenvalue weighted by Crippen LogP contribution is -2.35. The van der Waals surface area contributed by atoms with Gasteiger partial charge in [-0.15, -0.1) is 6.58 Å². The van der Waals surface area contributed by atoms with Gasteiger partial charge < -0.3 is 5.11 Å². The Morgan fingerprint density at radius 3 is 2.12 bits per heavy atom. The Hall–Kier alpha value is -0.300. The summed E-state index contributed by atoms with van der Waals surface area (Å²) in [6, 6.07) is 0. The first-order valence-electron chi connectivity index (χ1n) is 7.59. The molecule has 0 heterocycles. The van der Waals surface area contributed by atoms with Crippen LogP contribution in [0.2, 0.25) is 0 Å². The minimum Gasteiger partial charge on any atom is -0.386 e. The molecule has 0 spiro atoms. The van der Waals surface area contributed by atoms with Crippen LogP contribution in [0, 0.1) is 5.92 Å². The third-order valence-electron chi connectivity index (χ3n) is 4.43. The second kappa shape index (κ2) is 7.92. The van der Waals surface area contributed by atoms with Gasteiger partial charge in [0.2, 0.25) is 0 Å². The van der Waals surface area contributed by atoms with Gasteiger partial charge in [-0.25, -0.2) is 0 Å². The average molecular weight is 238 g/mol. The normalized spacial score (nSPS) is 33.4. The van der Waals surface area contributed by atoms with E-state index in [0.717, 1.165) is 19.3 Å². The molecule has 0 aliphatic heterocycles. The van der Waals surface area contributed by atoms with Crippen LogP contribution < -0.4 is 0 Å². The van der Waals surface area contributed by atoms with Crippen molar-refractivity contribution in [3.63, 3.8) is 0 Å². The second-order valence-corrected chi connectivity index (χ2v) is 5.67. The molecule has 1 fully saturated rings. The van der Waals surface area contributed by atoms with Gasteiger partial charge in [-0.05, 0) is 18.8 Å². The fraction of sp³-hybridized carbons (Fsp3) is 0.875. The average Bonchev–Trinajstić information content (AvgIpc) is 2.34. The first-order valence-corrected chi connectivity index (χ1v) is 7.59. The maximum Gasteiger partial charge on any atom is 0.0853 e. The topological polar surface area (TPSA) is 20.2 Å². The SMILES string of the molecule is C=CC1(O)CCCCCCCCCCC1CC. The molecule has 0 bridgehead atoms. The summed E-state index contributed by atoms with van der Waals surface area (Å²) in [5, 5.41) is 10.7.